The van der Waals surface area contributed by atoms with Gasteiger partial charge in [0.25, 0.3) is 0 Å². The second-order valence-corrected chi connectivity index (χ2v) is 5.26. The van der Waals surface area contributed by atoms with Crippen LogP contribution in [-0.2, 0) is 4.79 Å². The Morgan fingerprint density at radius 1 is 1.21 bits per heavy atom. The van der Waals surface area contributed by atoms with E-state index in [1.807, 2.05) is 30.3 Å². The molecule has 0 saturated heterocycles. The van der Waals surface area contributed by atoms with E-state index in [9.17, 15) is 15.0 Å². The summed E-state index contributed by atoms with van der Waals surface area (Å²) in [6, 6.07) is 8.60. The molecule has 0 radical (unpaired) electrons. The summed E-state index contributed by atoms with van der Waals surface area (Å²) in [5.74, 6) is -0.379. The third kappa shape index (κ3) is 4.04. The molecule has 0 heterocycles. The lowest BCUT2D eigenvalue weighted by Gasteiger charge is -2.27. The zero-order valence-corrected chi connectivity index (χ0v) is 11.0. The minimum absolute atomic E-state index is 0.166. The molecular weight excluding hydrogens is 242 g/mol. The molecule has 1 fully saturated rings. The van der Waals surface area contributed by atoms with Gasteiger partial charge in [0, 0.05) is 0 Å². The Labute approximate surface area is 113 Å². The van der Waals surface area contributed by atoms with E-state index >= 15 is 0 Å². The van der Waals surface area contributed by atoms with Gasteiger partial charge in [-0.25, -0.2) is 0 Å². The first kappa shape index (κ1) is 14.0. The van der Waals surface area contributed by atoms with Gasteiger partial charge < -0.3 is 15.5 Å². The summed E-state index contributed by atoms with van der Waals surface area (Å²) in [7, 11) is 0. The average molecular weight is 263 g/mol. The Morgan fingerprint density at radius 3 is 2.42 bits per heavy atom. The highest BCUT2D eigenvalue weighted by molar-refractivity contribution is 5.75. The van der Waals surface area contributed by atoms with Crippen LogP contribution in [0.15, 0.2) is 30.3 Å². The summed E-state index contributed by atoms with van der Waals surface area (Å²) in [5.41, 5.74) is 0.783. The fraction of sp³-hybridized carbons (Fsp3) is 0.533. The summed E-state index contributed by atoms with van der Waals surface area (Å²) < 4.78 is 0. The second-order valence-electron chi connectivity index (χ2n) is 5.26. The Kier molecular flexibility index (Phi) is 4.93. The number of carboxylic acids is 1. The molecule has 3 N–H and O–H groups in total. The van der Waals surface area contributed by atoms with E-state index in [-0.39, 0.29) is 6.10 Å². The Bertz CT molecular complexity index is 399. The number of hydrogen-bond acceptors (Lipinski definition) is 3. The molecule has 0 spiro atoms. The number of aliphatic hydroxyl groups is 1. The maximum absolute atomic E-state index is 11.3. The first-order chi connectivity index (χ1) is 9.16. The van der Waals surface area contributed by atoms with E-state index in [0.29, 0.717) is 12.5 Å². The van der Waals surface area contributed by atoms with Crippen molar-refractivity contribution in [3.8, 4) is 0 Å². The molecule has 0 amide bonds. The molecule has 0 bridgehead atoms. The van der Waals surface area contributed by atoms with Gasteiger partial charge in [-0.2, -0.15) is 0 Å². The molecule has 1 saturated carbocycles. The van der Waals surface area contributed by atoms with Gasteiger partial charge in [-0.15, -0.1) is 0 Å². The minimum Gasteiger partial charge on any atom is -0.480 e. The predicted molar refractivity (Wildman–Crippen MR) is 72.8 cm³/mol. The number of nitrogens with one attached hydrogen (secondary N) is 1. The third-order valence-electron chi connectivity index (χ3n) is 3.81. The zero-order valence-electron chi connectivity index (χ0n) is 11.0. The van der Waals surface area contributed by atoms with Crippen LogP contribution < -0.4 is 5.32 Å². The molecule has 104 valence electrons. The number of rotatable bonds is 5. The van der Waals surface area contributed by atoms with Crippen LogP contribution in [0.1, 0.15) is 37.3 Å². The molecule has 1 aromatic rings. The van der Waals surface area contributed by atoms with Crippen molar-refractivity contribution in [3.63, 3.8) is 0 Å². The number of hydrogen-bond donors (Lipinski definition) is 3. The molecular formula is C15H21NO3. The maximum Gasteiger partial charge on any atom is 0.325 e. The number of carboxylic acid groups (broad SMARTS) is 1. The highest BCUT2D eigenvalue weighted by Gasteiger charge is 2.23. The largest absolute Gasteiger partial charge is 0.480 e. The number of carbonyl (C=O) groups is 1. The Balaban J connectivity index is 1.90. The lowest BCUT2D eigenvalue weighted by molar-refractivity contribution is -0.139. The van der Waals surface area contributed by atoms with E-state index in [1.165, 1.54) is 0 Å². The van der Waals surface area contributed by atoms with E-state index in [4.69, 9.17) is 0 Å². The zero-order chi connectivity index (χ0) is 13.7. The van der Waals surface area contributed by atoms with Crippen LogP contribution in [-0.4, -0.2) is 28.8 Å². The van der Waals surface area contributed by atoms with Crippen LogP contribution in [0, 0.1) is 5.92 Å². The van der Waals surface area contributed by atoms with Crippen molar-refractivity contribution in [3.05, 3.63) is 35.9 Å². The second kappa shape index (κ2) is 6.68. The summed E-state index contributed by atoms with van der Waals surface area (Å²) >= 11 is 0. The third-order valence-corrected chi connectivity index (χ3v) is 3.81. The molecule has 0 aromatic heterocycles. The number of aliphatic hydroxyl groups excluding tert-OH is 1. The molecule has 1 aliphatic rings. The Hall–Kier alpha value is -1.39. The standard InChI is InChI=1S/C15H21NO3/c17-13-8-6-11(7-9-13)10-16-14(15(18)19)12-4-2-1-3-5-12/h1-5,11,13-14,16-17H,6-10H2,(H,18,19). The van der Waals surface area contributed by atoms with E-state index in [2.05, 4.69) is 5.32 Å². The van der Waals surface area contributed by atoms with E-state index in [1.54, 1.807) is 0 Å². The molecule has 1 unspecified atom stereocenters. The highest BCUT2D eigenvalue weighted by atomic mass is 16.4. The Morgan fingerprint density at radius 2 is 1.84 bits per heavy atom. The van der Waals surface area contributed by atoms with Crippen LogP contribution in [0.5, 0.6) is 0 Å². The molecule has 4 nitrogen and oxygen atoms in total. The van der Waals surface area contributed by atoms with Crippen molar-refractivity contribution < 1.29 is 15.0 Å². The lowest BCUT2D eigenvalue weighted by Crippen LogP contribution is -2.34. The number of benzene rings is 1. The maximum atomic E-state index is 11.3. The fourth-order valence-electron chi connectivity index (χ4n) is 2.63. The van der Waals surface area contributed by atoms with Gasteiger partial charge in [-0.3, -0.25) is 4.79 Å². The monoisotopic (exact) mass is 263 g/mol. The van der Waals surface area contributed by atoms with Crippen LogP contribution in [0.3, 0.4) is 0 Å². The molecule has 1 aromatic carbocycles. The van der Waals surface area contributed by atoms with Gasteiger partial charge in [0.1, 0.15) is 6.04 Å². The van der Waals surface area contributed by atoms with Crippen LogP contribution in [0.25, 0.3) is 0 Å². The van der Waals surface area contributed by atoms with Gasteiger partial charge >= 0.3 is 5.97 Å². The number of aliphatic carboxylic acids is 1. The summed E-state index contributed by atoms with van der Waals surface area (Å²) in [5, 5.41) is 21.9. The first-order valence-electron chi connectivity index (χ1n) is 6.86. The van der Waals surface area contributed by atoms with E-state index < -0.39 is 12.0 Å². The molecule has 1 atom stereocenters. The summed E-state index contributed by atoms with van der Waals surface area (Å²) in [4.78, 5) is 11.3. The van der Waals surface area contributed by atoms with Crippen LogP contribution in [0.4, 0.5) is 0 Å². The molecule has 2 rings (SSSR count). The topological polar surface area (TPSA) is 69.6 Å². The van der Waals surface area contributed by atoms with Gasteiger partial charge in [0.15, 0.2) is 0 Å². The molecule has 4 heteroatoms. The quantitative estimate of drug-likeness (QED) is 0.759. The normalized spacial score (nSPS) is 24.9. The first-order valence-corrected chi connectivity index (χ1v) is 6.86. The van der Waals surface area contributed by atoms with E-state index in [0.717, 1.165) is 31.2 Å². The highest BCUT2D eigenvalue weighted by Crippen LogP contribution is 2.24. The van der Waals surface area contributed by atoms with Gasteiger partial charge in [-0.1, -0.05) is 30.3 Å². The van der Waals surface area contributed by atoms with Gasteiger partial charge in [-0.05, 0) is 43.7 Å². The van der Waals surface area contributed by atoms with Crippen LogP contribution >= 0.6 is 0 Å². The van der Waals surface area contributed by atoms with Gasteiger partial charge in [0.2, 0.25) is 0 Å². The molecule has 0 aliphatic heterocycles. The predicted octanol–water partition coefficient (Wildman–Crippen LogP) is 1.95. The SMILES string of the molecule is O=C(O)C(NCC1CCC(O)CC1)c1ccccc1. The molecule has 19 heavy (non-hydrogen) atoms. The van der Waals surface area contributed by atoms with Crippen molar-refractivity contribution in [2.75, 3.05) is 6.54 Å². The van der Waals surface area contributed by atoms with Gasteiger partial charge in [0.05, 0.1) is 6.10 Å². The smallest absolute Gasteiger partial charge is 0.325 e. The van der Waals surface area contributed by atoms with Crippen molar-refractivity contribution in [2.24, 2.45) is 5.92 Å². The lowest BCUT2D eigenvalue weighted by atomic mass is 9.87. The summed E-state index contributed by atoms with van der Waals surface area (Å²) in [6.45, 7) is 0.693. The van der Waals surface area contributed by atoms with Crippen molar-refractivity contribution in [1.29, 1.82) is 0 Å². The molecule has 1 aliphatic carbocycles. The van der Waals surface area contributed by atoms with Crippen molar-refractivity contribution in [1.82, 2.24) is 5.32 Å². The summed E-state index contributed by atoms with van der Waals surface area (Å²) in [6.07, 6.45) is 3.43. The van der Waals surface area contributed by atoms with Crippen LogP contribution in [0.2, 0.25) is 0 Å². The van der Waals surface area contributed by atoms with Crippen molar-refractivity contribution >= 4 is 5.97 Å². The fourth-order valence-corrected chi connectivity index (χ4v) is 2.63. The van der Waals surface area contributed by atoms with Crippen molar-refractivity contribution in [2.45, 2.75) is 37.8 Å². The minimum atomic E-state index is -0.845. The average Bonchev–Trinajstić information content (AvgIpc) is 2.42.